The molecule has 0 unspecified atom stereocenters. The van der Waals surface area contributed by atoms with Crippen molar-refractivity contribution < 1.29 is 13.9 Å². The third-order valence-corrected chi connectivity index (χ3v) is 6.21. The Hall–Kier alpha value is -1.81. The number of aromatic nitrogens is 2. The molecule has 1 aliphatic rings. The minimum atomic E-state index is 0.0460. The maximum Gasteiger partial charge on any atom is 0.257 e. The van der Waals surface area contributed by atoms with Crippen molar-refractivity contribution in [1.29, 1.82) is 0 Å². The molecule has 2 aromatic rings. The van der Waals surface area contributed by atoms with E-state index in [4.69, 9.17) is 9.15 Å². The minimum absolute atomic E-state index is 0.0460. The summed E-state index contributed by atoms with van der Waals surface area (Å²) in [6.45, 7) is 9.90. The van der Waals surface area contributed by atoms with E-state index in [0.717, 1.165) is 37.5 Å². The number of hydrogen-bond acceptors (Lipinski definition) is 8. The number of amides is 1. The summed E-state index contributed by atoms with van der Waals surface area (Å²) < 4.78 is 10.8. The predicted molar refractivity (Wildman–Crippen MR) is 108 cm³/mol. The topological polar surface area (TPSA) is 83.7 Å². The van der Waals surface area contributed by atoms with Crippen molar-refractivity contribution in [3.63, 3.8) is 0 Å². The lowest BCUT2D eigenvalue weighted by atomic mass is 10.2. The summed E-state index contributed by atoms with van der Waals surface area (Å²) in [5.41, 5.74) is 1.28. The molecule has 0 bridgehead atoms. The second-order valence-electron chi connectivity index (χ2n) is 6.97. The highest BCUT2D eigenvalue weighted by atomic mass is 32.1. The minimum Gasteiger partial charge on any atom is -0.419 e. The van der Waals surface area contributed by atoms with E-state index in [9.17, 15) is 4.79 Å². The van der Waals surface area contributed by atoms with Crippen LogP contribution in [-0.4, -0.2) is 78.9 Å². The highest BCUT2D eigenvalue weighted by Gasteiger charge is 2.21. The first-order valence-corrected chi connectivity index (χ1v) is 10.5. The fourth-order valence-electron chi connectivity index (χ4n) is 3.24. The molecule has 1 N–H and O–H groups in total. The van der Waals surface area contributed by atoms with E-state index >= 15 is 0 Å². The summed E-state index contributed by atoms with van der Waals surface area (Å²) in [6, 6.07) is 2.12. The lowest BCUT2D eigenvalue weighted by Crippen LogP contribution is -2.49. The zero-order chi connectivity index (χ0) is 19.9. The molecule has 1 aliphatic heterocycles. The lowest BCUT2D eigenvalue weighted by molar-refractivity contribution is -0.122. The summed E-state index contributed by atoms with van der Waals surface area (Å²) in [7, 11) is 1.63. The van der Waals surface area contributed by atoms with E-state index in [0.29, 0.717) is 38.0 Å². The zero-order valence-corrected chi connectivity index (χ0v) is 17.7. The summed E-state index contributed by atoms with van der Waals surface area (Å²) >= 11 is 1.72. The van der Waals surface area contributed by atoms with Gasteiger partial charge >= 0.3 is 0 Å². The molecule has 0 aromatic carbocycles. The number of piperazine rings is 1. The fourth-order valence-corrected chi connectivity index (χ4v) is 4.28. The van der Waals surface area contributed by atoms with Gasteiger partial charge in [-0.1, -0.05) is 6.92 Å². The number of rotatable bonds is 9. The number of carbonyl (C=O) groups is 1. The first kappa shape index (κ1) is 20.9. The van der Waals surface area contributed by atoms with Gasteiger partial charge in [0.05, 0.1) is 24.6 Å². The van der Waals surface area contributed by atoms with Gasteiger partial charge in [0.1, 0.15) is 0 Å². The number of thiophene rings is 1. The number of nitrogens with one attached hydrogen (secondary N) is 1. The Balaban J connectivity index is 1.45. The van der Waals surface area contributed by atoms with Crippen molar-refractivity contribution in [2.75, 3.05) is 53.0 Å². The van der Waals surface area contributed by atoms with Crippen molar-refractivity contribution in [2.24, 2.45) is 0 Å². The third kappa shape index (κ3) is 5.60. The molecular weight excluding hydrogens is 378 g/mol. The Labute approximate surface area is 169 Å². The quantitative estimate of drug-likeness (QED) is 0.632. The predicted octanol–water partition coefficient (Wildman–Crippen LogP) is 1.55. The van der Waals surface area contributed by atoms with Crippen LogP contribution in [-0.2, 0) is 22.5 Å². The van der Waals surface area contributed by atoms with Gasteiger partial charge in [-0.3, -0.25) is 14.6 Å². The molecule has 28 heavy (non-hydrogen) atoms. The van der Waals surface area contributed by atoms with Crippen molar-refractivity contribution in [1.82, 2.24) is 25.3 Å². The van der Waals surface area contributed by atoms with Crippen LogP contribution in [0.4, 0.5) is 0 Å². The molecule has 8 nitrogen and oxygen atoms in total. The number of aryl methyl sites for hydroxylation is 2. The van der Waals surface area contributed by atoms with Gasteiger partial charge in [0.2, 0.25) is 11.8 Å². The molecule has 3 heterocycles. The second kappa shape index (κ2) is 10.1. The third-order valence-electron chi connectivity index (χ3n) is 4.84. The largest absolute Gasteiger partial charge is 0.419 e. The Morgan fingerprint density at radius 3 is 2.71 bits per heavy atom. The molecule has 1 saturated heterocycles. The van der Waals surface area contributed by atoms with E-state index in [1.54, 1.807) is 18.4 Å². The summed E-state index contributed by atoms with van der Waals surface area (Å²) in [5.74, 6) is 1.30. The Kier molecular flexibility index (Phi) is 7.55. The average molecular weight is 408 g/mol. The van der Waals surface area contributed by atoms with Crippen molar-refractivity contribution in [3.8, 4) is 10.8 Å². The summed E-state index contributed by atoms with van der Waals surface area (Å²) in [6.07, 6.45) is 1.02. The molecule has 154 valence electrons. The number of hydrogen-bond donors (Lipinski definition) is 1. The average Bonchev–Trinajstić information content (AvgIpc) is 3.30. The first-order chi connectivity index (χ1) is 13.6. The highest BCUT2D eigenvalue weighted by Crippen LogP contribution is 2.30. The zero-order valence-electron chi connectivity index (χ0n) is 16.9. The van der Waals surface area contributed by atoms with E-state index < -0.39 is 0 Å². The molecule has 3 rings (SSSR count). The van der Waals surface area contributed by atoms with Gasteiger partial charge in [-0.05, 0) is 25.0 Å². The Bertz CT molecular complexity index is 767. The van der Waals surface area contributed by atoms with Crippen LogP contribution in [0.5, 0.6) is 0 Å². The molecule has 9 heteroatoms. The smallest absolute Gasteiger partial charge is 0.257 e. The molecule has 0 aliphatic carbocycles. The first-order valence-electron chi connectivity index (χ1n) is 9.71. The maximum atomic E-state index is 11.9. The molecule has 0 saturated carbocycles. The molecule has 0 atom stereocenters. The van der Waals surface area contributed by atoms with Crippen LogP contribution < -0.4 is 5.32 Å². The molecule has 0 radical (unpaired) electrons. The monoisotopic (exact) mass is 407 g/mol. The molecule has 1 amide bonds. The van der Waals surface area contributed by atoms with E-state index in [2.05, 4.69) is 45.2 Å². The van der Waals surface area contributed by atoms with E-state index in [1.165, 1.54) is 10.4 Å². The Morgan fingerprint density at radius 2 is 2.04 bits per heavy atom. The van der Waals surface area contributed by atoms with Gasteiger partial charge < -0.3 is 14.5 Å². The standard InChI is InChI=1S/C19H29N5O3S/c1-4-15-14(2)11-16(28-15)19-22-21-18(27-19)13-24-8-6-23(7-9-24)12-17(25)20-5-10-26-3/h11H,4-10,12-13H2,1-3H3,(H,20,25). The van der Waals surface area contributed by atoms with E-state index in [1.807, 2.05) is 0 Å². The maximum absolute atomic E-state index is 11.9. The van der Waals surface area contributed by atoms with Crippen LogP contribution in [0, 0.1) is 6.92 Å². The van der Waals surface area contributed by atoms with Crippen molar-refractivity contribution >= 4 is 17.2 Å². The number of nitrogens with zero attached hydrogens (tertiary/aromatic N) is 4. The Morgan fingerprint density at radius 1 is 1.29 bits per heavy atom. The van der Waals surface area contributed by atoms with E-state index in [-0.39, 0.29) is 5.91 Å². The number of ether oxygens (including phenoxy) is 1. The van der Waals surface area contributed by atoms with Crippen LogP contribution in [0.1, 0.15) is 23.3 Å². The van der Waals surface area contributed by atoms with Gasteiger partial charge in [0, 0.05) is 44.7 Å². The van der Waals surface area contributed by atoms with Crippen LogP contribution in [0.3, 0.4) is 0 Å². The fraction of sp³-hybridized carbons (Fsp3) is 0.632. The number of carbonyl (C=O) groups excluding carboxylic acids is 1. The molecule has 2 aromatic heterocycles. The van der Waals surface area contributed by atoms with Gasteiger partial charge in [-0.2, -0.15) is 0 Å². The van der Waals surface area contributed by atoms with Gasteiger partial charge in [0.15, 0.2) is 0 Å². The number of methoxy groups -OCH3 is 1. The summed E-state index contributed by atoms with van der Waals surface area (Å²) in [4.78, 5) is 18.7. The molecule has 0 spiro atoms. The highest BCUT2D eigenvalue weighted by molar-refractivity contribution is 7.15. The lowest BCUT2D eigenvalue weighted by Gasteiger charge is -2.33. The SMILES string of the molecule is CCc1sc(-c2nnc(CN3CCN(CC(=O)NCCOC)CC3)o2)cc1C. The van der Waals surface area contributed by atoms with Gasteiger partial charge in [0.25, 0.3) is 5.89 Å². The summed E-state index contributed by atoms with van der Waals surface area (Å²) in [5, 5.41) is 11.3. The van der Waals surface area contributed by atoms with Crippen LogP contribution in [0.15, 0.2) is 10.5 Å². The molecule has 1 fully saturated rings. The van der Waals surface area contributed by atoms with Crippen LogP contribution >= 0.6 is 11.3 Å². The van der Waals surface area contributed by atoms with Gasteiger partial charge in [-0.15, -0.1) is 21.5 Å². The van der Waals surface area contributed by atoms with Crippen molar-refractivity contribution in [3.05, 3.63) is 22.4 Å². The normalized spacial score (nSPS) is 15.8. The van der Waals surface area contributed by atoms with Gasteiger partial charge in [-0.25, -0.2) is 0 Å². The molecular formula is C19H29N5O3S. The van der Waals surface area contributed by atoms with Crippen LogP contribution in [0.25, 0.3) is 10.8 Å². The van der Waals surface area contributed by atoms with Crippen molar-refractivity contribution in [2.45, 2.75) is 26.8 Å². The second-order valence-corrected chi connectivity index (χ2v) is 8.10. The van der Waals surface area contributed by atoms with Crippen LogP contribution in [0.2, 0.25) is 0 Å².